The van der Waals surface area contributed by atoms with Crippen molar-refractivity contribution in [3.63, 3.8) is 0 Å². The minimum absolute atomic E-state index is 0.194. The number of rotatable bonds is 1. The third kappa shape index (κ3) is 1.74. The highest BCUT2D eigenvalue weighted by atomic mass is 127. The van der Waals surface area contributed by atoms with Gasteiger partial charge in [-0.15, -0.1) is 11.3 Å². The molecule has 0 unspecified atom stereocenters. The molecule has 0 aliphatic carbocycles. The lowest BCUT2D eigenvalue weighted by molar-refractivity contribution is -0.383. The van der Waals surface area contributed by atoms with Crippen LogP contribution in [0.15, 0.2) is 18.2 Å². The Morgan fingerprint density at radius 3 is 2.71 bits per heavy atom. The van der Waals surface area contributed by atoms with Gasteiger partial charge < -0.3 is 0 Å². The predicted molar refractivity (Wildman–Crippen MR) is 73.9 cm³/mol. The fourth-order valence-electron chi connectivity index (χ4n) is 1.21. The van der Waals surface area contributed by atoms with Crippen LogP contribution in [0.5, 0.6) is 0 Å². The van der Waals surface area contributed by atoms with Gasteiger partial charge >= 0.3 is 0 Å². The lowest BCUT2D eigenvalue weighted by Crippen LogP contribution is -1.88. The number of non-ortho nitro benzene ring substituents is 1. The van der Waals surface area contributed by atoms with Gasteiger partial charge in [-0.05, 0) is 57.3 Å². The number of nitro benzene ring substituents is 1. The van der Waals surface area contributed by atoms with E-state index in [-0.39, 0.29) is 10.6 Å². The molecule has 1 aromatic carbocycles. The van der Waals surface area contributed by atoms with Gasteiger partial charge in [-0.1, -0.05) is 0 Å². The molecule has 0 saturated heterocycles. The molecule has 1 aromatic heterocycles. The van der Waals surface area contributed by atoms with E-state index in [1.165, 1.54) is 0 Å². The van der Waals surface area contributed by atoms with Gasteiger partial charge in [0.15, 0.2) is 0 Å². The first-order chi connectivity index (χ1) is 6.59. The van der Waals surface area contributed by atoms with Crippen molar-refractivity contribution in [1.82, 2.24) is 0 Å². The van der Waals surface area contributed by atoms with E-state index in [1.54, 1.807) is 23.5 Å². The van der Waals surface area contributed by atoms with Gasteiger partial charge in [0, 0.05) is 9.64 Å². The van der Waals surface area contributed by atoms with Gasteiger partial charge in [0.25, 0.3) is 5.69 Å². The molecule has 0 saturated carbocycles. The number of halogens is 2. The summed E-state index contributed by atoms with van der Waals surface area (Å²) in [6.07, 6.45) is 0. The number of nitrogens with zero attached hydrogens (tertiary/aromatic N) is 1. The van der Waals surface area contributed by atoms with E-state index >= 15 is 0 Å². The molecule has 0 atom stereocenters. The summed E-state index contributed by atoms with van der Waals surface area (Å²) in [4.78, 5) is 10.4. The Labute approximate surface area is 111 Å². The summed E-state index contributed by atoms with van der Waals surface area (Å²) >= 11 is 5.96. The van der Waals surface area contributed by atoms with E-state index in [2.05, 4.69) is 45.2 Å². The fraction of sp³-hybridized carbons (Fsp3) is 0. The number of fused-ring (bicyclic) bond motifs is 1. The van der Waals surface area contributed by atoms with Crippen LogP contribution in [-0.4, -0.2) is 4.92 Å². The number of hydrogen-bond donors (Lipinski definition) is 0. The molecule has 0 aliphatic rings. The summed E-state index contributed by atoms with van der Waals surface area (Å²) in [5.41, 5.74) is 0.194. The Kier molecular flexibility index (Phi) is 2.93. The predicted octanol–water partition coefficient (Wildman–Crippen LogP) is 4.02. The molecule has 0 amide bonds. The second-order valence-electron chi connectivity index (χ2n) is 2.62. The second kappa shape index (κ2) is 3.89. The SMILES string of the molecule is O=[N+]([O-])c1ccc(I)c2sc(I)cc12. The molecule has 3 nitrogen and oxygen atoms in total. The third-order valence-corrected chi connectivity index (χ3v) is 4.97. The second-order valence-corrected chi connectivity index (χ2v) is 6.73. The lowest BCUT2D eigenvalue weighted by Gasteiger charge is -1.95. The fourth-order valence-corrected chi connectivity index (χ4v) is 3.79. The Morgan fingerprint density at radius 1 is 1.36 bits per heavy atom. The van der Waals surface area contributed by atoms with Gasteiger partial charge in [-0.2, -0.15) is 0 Å². The van der Waals surface area contributed by atoms with Crippen LogP contribution in [0.1, 0.15) is 0 Å². The first-order valence-electron chi connectivity index (χ1n) is 3.61. The van der Waals surface area contributed by atoms with Crippen molar-refractivity contribution in [3.8, 4) is 0 Å². The molecule has 2 rings (SSSR count). The number of benzene rings is 1. The van der Waals surface area contributed by atoms with Crippen LogP contribution in [0, 0.1) is 16.6 Å². The van der Waals surface area contributed by atoms with Crippen LogP contribution in [0.25, 0.3) is 10.1 Å². The minimum Gasteiger partial charge on any atom is -0.258 e. The maximum absolute atomic E-state index is 10.7. The Balaban J connectivity index is 2.87. The topological polar surface area (TPSA) is 43.1 Å². The summed E-state index contributed by atoms with van der Waals surface area (Å²) in [6.45, 7) is 0. The third-order valence-electron chi connectivity index (χ3n) is 1.78. The van der Waals surface area contributed by atoms with E-state index in [1.807, 2.05) is 6.07 Å². The number of nitro groups is 1. The molecular formula is C8H3I2NO2S. The van der Waals surface area contributed by atoms with Crippen LogP contribution < -0.4 is 0 Å². The van der Waals surface area contributed by atoms with Gasteiger partial charge in [-0.25, -0.2) is 0 Å². The van der Waals surface area contributed by atoms with Crippen molar-refractivity contribution < 1.29 is 4.92 Å². The van der Waals surface area contributed by atoms with Gasteiger partial charge in [0.05, 0.1) is 17.9 Å². The summed E-state index contributed by atoms with van der Waals surface area (Å²) in [5, 5.41) is 11.5. The number of hydrogen-bond acceptors (Lipinski definition) is 3. The summed E-state index contributed by atoms with van der Waals surface area (Å²) in [7, 11) is 0. The molecule has 72 valence electrons. The highest BCUT2D eigenvalue weighted by Gasteiger charge is 2.15. The average molecular weight is 431 g/mol. The van der Waals surface area contributed by atoms with Crippen molar-refractivity contribution in [1.29, 1.82) is 0 Å². The average Bonchev–Trinajstić information content (AvgIpc) is 2.47. The smallest absolute Gasteiger partial charge is 0.258 e. The maximum Gasteiger partial charge on any atom is 0.278 e. The Morgan fingerprint density at radius 2 is 2.07 bits per heavy atom. The van der Waals surface area contributed by atoms with Gasteiger partial charge in [0.2, 0.25) is 0 Å². The maximum atomic E-state index is 10.7. The molecule has 6 heteroatoms. The standard InChI is InChI=1S/C8H3I2NO2S/c9-5-1-2-6(11(12)13)4-3-7(10)14-8(4)5/h1-3H. The normalized spacial score (nSPS) is 10.7. The van der Waals surface area contributed by atoms with Crippen LogP contribution >= 0.6 is 56.5 Å². The van der Waals surface area contributed by atoms with Crippen molar-refractivity contribution in [2.75, 3.05) is 0 Å². The van der Waals surface area contributed by atoms with Crippen LogP contribution in [0.3, 0.4) is 0 Å². The van der Waals surface area contributed by atoms with E-state index < -0.39 is 0 Å². The first kappa shape index (κ1) is 10.6. The molecule has 2 aromatic rings. The molecule has 0 bridgehead atoms. The Bertz CT molecular complexity index is 523. The zero-order chi connectivity index (χ0) is 10.3. The zero-order valence-electron chi connectivity index (χ0n) is 6.66. The van der Waals surface area contributed by atoms with Crippen LogP contribution in [0.4, 0.5) is 5.69 Å². The molecule has 0 fully saturated rings. The van der Waals surface area contributed by atoms with E-state index in [0.717, 1.165) is 16.5 Å². The quantitative estimate of drug-likeness (QED) is 0.389. The zero-order valence-corrected chi connectivity index (χ0v) is 11.8. The van der Waals surface area contributed by atoms with Crippen molar-refractivity contribution >= 4 is 72.3 Å². The summed E-state index contributed by atoms with van der Waals surface area (Å²) in [5.74, 6) is 0. The van der Waals surface area contributed by atoms with Crippen molar-refractivity contribution in [2.45, 2.75) is 0 Å². The van der Waals surface area contributed by atoms with Gasteiger partial charge in [-0.3, -0.25) is 10.1 Å². The monoisotopic (exact) mass is 431 g/mol. The number of thiophene rings is 1. The summed E-state index contributed by atoms with van der Waals surface area (Å²) in [6, 6.07) is 5.21. The molecule has 1 heterocycles. The Hall–Kier alpha value is 0.0400. The van der Waals surface area contributed by atoms with E-state index in [9.17, 15) is 10.1 Å². The molecule has 0 aliphatic heterocycles. The highest BCUT2D eigenvalue weighted by Crippen LogP contribution is 2.36. The van der Waals surface area contributed by atoms with Crippen LogP contribution in [0.2, 0.25) is 0 Å². The molecule has 14 heavy (non-hydrogen) atoms. The largest absolute Gasteiger partial charge is 0.278 e. The first-order valence-corrected chi connectivity index (χ1v) is 6.59. The lowest BCUT2D eigenvalue weighted by atomic mass is 10.2. The molecule has 0 radical (unpaired) electrons. The van der Waals surface area contributed by atoms with Gasteiger partial charge in [0.1, 0.15) is 0 Å². The van der Waals surface area contributed by atoms with E-state index in [0.29, 0.717) is 0 Å². The highest BCUT2D eigenvalue weighted by molar-refractivity contribution is 14.1. The minimum atomic E-state index is -0.332. The summed E-state index contributed by atoms with van der Waals surface area (Å²) < 4.78 is 3.14. The molecule has 0 spiro atoms. The molecular weight excluding hydrogens is 428 g/mol. The molecule has 0 N–H and O–H groups in total. The van der Waals surface area contributed by atoms with E-state index in [4.69, 9.17) is 0 Å². The van der Waals surface area contributed by atoms with Crippen LogP contribution in [-0.2, 0) is 0 Å². The van der Waals surface area contributed by atoms with Crippen molar-refractivity contribution in [2.24, 2.45) is 0 Å². The van der Waals surface area contributed by atoms with Crippen molar-refractivity contribution in [3.05, 3.63) is 34.8 Å².